The predicted octanol–water partition coefficient (Wildman–Crippen LogP) is 0.360. The van der Waals surface area contributed by atoms with Gasteiger partial charge >= 0.3 is 5.97 Å². The number of nitrogens with zero attached hydrogens (tertiary/aromatic N) is 3. The van der Waals surface area contributed by atoms with Gasteiger partial charge in [-0.15, -0.1) is 0 Å². The van der Waals surface area contributed by atoms with Gasteiger partial charge in [0.15, 0.2) is 0 Å². The van der Waals surface area contributed by atoms with Crippen LogP contribution in [0.3, 0.4) is 0 Å². The Labute approximate surface area is 135 Å². The van der Waals surface area contributed by atoms with Gasteiger partial charge in [-0.1, -0.05) is 12.1 Å². The molecule has 1 rings (SSSR count). The van der Waals surface area contributed by atoms with Crippen LogP contribution in [-0.2, 0) is 27.9 Å². The number of aryl methyl sites for hydroxylation is 1. The second-order valence-corrected chi connectivity index (χ2v) is 5.35. The van der Waals surface area contributed by atoms with Crippen LogP contribution in [0.25, 0.3) is 0 Å². The molecule has 0 radical (unpaired) electrons. The van der Waals surface area contributed by atoms with Crippen molar-refractivity contribution in [2.45, 2.75) is 32.6 Å². The highest BCUT2D eigenvalue weighted by Gasteiger charge is 2.23. The van der Waals surface area contributed by atoms with E-state index in [1.54, 1.807) is 25.0 Å². The number of carbonyl (C=O) groups is 2. The third-order valence-electron chi connectivity index (χ3n) is 3.83. The minimum Gasteiger partial charge on any atom is -0.396 e. The SMILES string of the molecule is CN/C(Cc1c(C(C)C(CO)CC=O)cnn1C)=N\OC(C)=O. The standard InChI is InChI=1S/C15H24N4O4/c1-10(12(9-21)5-6-20)13-8-17-19(4)14(13)7-15(16-3)18-23-11(2)22/h6,8,10,12,21H,5,7,9H2,1-4H3,(H,16,18). The van der Waals surface area contributed by atoms with Crippen molar-refractivity contribution in [1.82, 2.24) is 15.1 Å². The first-order valence-corrected chi connectivity index (χ1v) is 7.42. The van der Waals surface area contributed by atoms with E-state index in [2.05, 4.69) is 20.4 Å². The van der Waals surface area contributed by atoms with E-state index in [-0.39, 0.29) is 24.9 Å². The zero-order valence-electron chi connectivity index (χ0n) is 13.9. The average molecular weight is 324 g/mol. The number of aldehydes is 1. The molecule has 2 unspecified atom stereocenters. The summed E-state index contributed by atoms with van der Waals surface area (Å²) in [5, 5.41) is 20.4. The molecule has 0 aromatic carbocycles. The van der Waals surface area contributed by atoms with E-state index in [1.807, 2.05) is 6.92 Å². The van der Waals surface area contributed by atoms with Crippen LogP contribution in [0, 0.1) is 5.92 Å². The number of likely N-dealkylation sites (N-methyl/N-ethyl adjacent to an activating group) is 1. The third kappa shape index (κ3) is 5.17. The molecule has 0 saturated heterocycles. The average Bonchev–Trinajstić information content (AvgIpc) is 2.88. The number of hydrogen-bond acceptors (Lipinski definition) is 6. The Bertz CT molecular complexity index is 568. The number of aliphatic hydroxyl groups is 1. The van der Waals surface area contributed by atoms with Gasteiger partial charge in [-0.3, -0.25) is 4.68 Å². The van der Waals surface area contributed by atoms with Crippen molar-refractivity contribution in [2.24, 2.45) is 18.1 Å². The number of carbonyl (C=O) groups excluding carboxylic acids is 2. The van der Waals surface area contributed by atoms with Gasteiger partial charge in [0.05, 0.1) is 12.6 Å². The topological polar surface area (TPSA) is 106 Å². The molecule has 0 saturated carbocycles. The van der Waals surface area contributed by atoms with Crippen molar-refractivity contribution in [3.8, 4) is 0 Å². The molecule has 0 amide bonds. The molecular weight excluding hydrogens is 300 g/mol. The summed E-state index contributed by atoms with van der Waals surface area (Å²) in [7, 11) is 3.49. The zero-order chi connectivity index (χ0) is 17.4. The van der Waals surface area contributed by atoms with Gasteiger partial charge in [-0.25, -0.2) is 4.79 Å². The maximum absolute atomic E-state index is 10.9. The summed E-state index contributed by atoms with van der Waals surface area (Å²) < 4.78 is 1.71. The Morgan fingerprint density at radius 2 is 2.30 bits per heavy atom. The van der Waals surface area contributed by atoms with E-state index in [4.69, 9.17) is 0 Å². The molecular formula is C15H24N4O4. The van der Waals surface area contributed by atoms with Crippen molar-refractivity contribution in [3.05, 3.63) is 17.5 Å². The molecule has 2 atom stereocenters. The molecule has 0 spiro atoms. The number of nitrogens with one attached hydrogen (secondary N) is 1. The zero-order valence-corrected chi connectivity index (χ0v) is 13.9. The highest BCUT2D eigenvalue weighted by atomic mass is 16.7. The highest BCUT2D eigenvalue weighted by molar-refractivity contribution is 5.84. The molecule has 0 aliphatic heterocycles. The highest BCUT2D eigenvalue weighted by Crippen LogP contribution is 2.28. The number of oxime groups is 1. The van der Waals surface area contributed by atoms with Gasteiger partial charge in [-0.05, 0) is 17.4 Å². The lowest BCUT2D eigenvalue weighted by Crippen LogP contribution is -2.24. The molecule has 0 bridgehead atoms. The molecule has 1 aromatic heterocycles. The maximum Gasteiger partial charge on any atom is 0.332 e. The normalized spacial score (nSPS) is 14.2. The Morgan fingerprint density at radius 3 is 2.83 bits per heavy atom. The van der Waals surface area contributed by atoms with Crippen LogP contribution in [0.2, 0.25) is 0 Å². The fourth-order valence-corrected chi connectivity index (χ4v) is 2.34. The van der Waals surface area contributed by atoms with Crippen LogP contribution in [0.5, 0.6) is 0 Å². The van der Waals surface area contributed by atoms with Crippen LogP contribution in [0.1, 0.15) is 37.4 Å². The molecule has 128 valence electrons. The lowest BCUT2D eigenvalue weighted by molar-refractivity contribution is -0.141. The Morgan fingerprint density at radius 1 is 1.61 bits per heavy atom. The van der Waals surface area contributed by atoms with Gasteiger partial charge in [0.2, 0.25) is 0 Å². The van der Waals surface area contributed by atoms with Crippen LogP contribution in [-0.4, -0.2) is 46.6 Å². The molecule has 1 heterocycles. The summed E-state index contributed by atoms with van der Waals surface area (Å²) in [4.78, 5) is 26.3. The van der Waals surface area contributed by atoms with Gasteiger partial charge in [0, 0.05) is 39.7 Å². The van der Waals surface area contributed by atoms with E-state index < -0.39 is 5.97 Å². The van der Waals surface area contributed by atoms with E-state index in [0.717, 1.165) is 17.5 Å². The summed E-state index contributed by atoms with van der Waals surface area (Å²) >= 11 is 0. The van der Waals surface area contributed by atoms with Crippen LogP contribution >= 0.6 is 0 Å². The lowest BCUT2D eigenvalue weighted by atomic mass is 9.86. The van der Waals surface area contributed by atoms with E-state index in [1.165, 1.54) is 6.92 Å². The van der Waals surface area contributed by atoms with Crippen molar-refractivity contribution in [3.63, 3.8) is 0 Å². The first-order valence-electron chi connectivity index (χ1n) is 7.42. The summed E-state index contributed by atoms with van der Waals surface area (Å²) in [5.74, 6) is -0.226. The van der Waals surface area contributed by atoms with Gasteiger partial charge in [0.1, 0.15) is 12.1 Å². The fraction of sp³-hybridized carbons (Fsp3) is 0.600. The van der Waals surface area contributed by atoms with E-state index >= 15 is 0 Å². The monoisotopic (exact) mass is 324 g/mol. The van der Waals surface area contributed by atoms with E-state index in [0.29, 0.717) is 12.3 Å². The minimum absolute atomic E-state index is 0.0410. The molecule has 2 N–H and O–H groups in total. The van der Waals surface area contributed by atoms with Crippen LogP contribution < -0.4 is 5.32 Å². The molecule has 8 nitrogen and oxygen atoms in total. The van der Waals surface area contributed by atoms with Crippen molar-refractivity contribution < 1.29 is 19.5 Å². The summed E-state index contributed by atoms with van der Waals surface area (Å²) in [6, 6.07) is 0. The first-order chi connectivity index (χ1) is 10.9. The smallest absolute Gasteiger partial charge is 0.332 e. The molecule has 0 fully saturated rings. The molecule has 0 aliphatic rings. The van der Waals surface area contributed by atoms with E-state index in [9.17, 15) is 14.7 Å². The first kappa shape index (κ1) is 18.8. The Balaban J connectivity index is 3.03. The van der Waals surface area contributed by atoms with Crippen molar-refractivity contribution in [2.75, 3.05) is 13.7 Å². The quantitative estimate of drug-likeness (QED) is 0.235. The number of aromatic nitrogens is 2. The van der Waals surface area contributed by atoms with Crippen molar-refractivity contribution >= 4 is 18.1 Å². The van der Waals surface area contributed by atoms with Crippen LogP contribution in [0.15, 0.2) is 11.4 Å². The third-order valence-corrected chi connectivity index (χ3v) is 3.83. The minimum atomic E-state index is -0.498. The van der Waals surface area contributed by atoms with Gasteiger partial charge < -0.3 is 20.1 Å². The summed E-state index contributed by atoms with van der Waals surface area (Å²) in [6.07, 6.45) is 3.22. The Hall–Kier alpha value is -2.22. The number of aliphatic hydroxyl groups excluding tert-OH is 1. The molecule has 23 heavy (non-hydrogen) atoms. The van der Waals surface area contributed by atoms with Gasteiger partial charge in [-0.2, -0.15) is 5.10 Å². The summed E-state index contributed by atoms with van der Waals surface area (Å²) in [6.45, 7) is 3.15. The number of amidine groups is 1. The van der Waals surface area contributed by atoms with Crippen LogP contribution in [0.4, 0.5) is 0 Å². The number of hydrogen-bond donors (Lipinski definition) is 2. The lowest BCUT2D eigenvalue weighted by Gasteiger charge is -2.20. The molecule has 8 heteroatoms. The predicted molar refractivity (Wildman–Crippen MR) is 84.8 cm³/mol. The molecule has 0 aliphatic carbocycles. The second-order valence-electron chi connectivity index (χ2n) is 5.35. The second kappa shape index (κ2) is 9.04. The largest absolute Gasteiger partial charge is 0.396 e. The Kier molecular flexibility index (Phi) is 7.40. The maximum atomic E-state index is 10.9. The summed E-state index contributed by atoms with van der Waals surface area (Å²) in [5.41, 5.74) is 1.81. The number of rotatable bonds is 8. The molecule has 1 aromatic rings. The van der Waals surface area contributed by atoms with Gasteiger partial charge in [0.25, 0.3) is 0 Å². The van der Waals surface area contributed by atoms with Crippen molar-refractivity contribution in [1.29, 1.82) is 0 Å². The fourth-order valence-electron chi connectivity index (χ4n) is 2.34.